The summed E-state index contributed by atoms with van der Waals surface area (Å²) < 4.78 is 38.3. The van der Waals surface area contributed by atoms with E-state index in [1.807, 2.05) is 13.8 Å². The van der Waals surface area contributed by atoms with Gasteiger partial charge in [0.25, 0.3) is 0 Å². The van der Waals surface area contributed by atoms with Crippen LogP contribution in [0.25, 0.3) is 0 Å². The summed E-state index contributed by atoms with van der Waals surface area (Å²) in [6, 6.07) is 5.11. The summed E-state index contributed by atoms with van der Waals surface area (Å²) in [6.45, 7) is 6.01. The quantitative estimate of drug-likeness (QED) is 0.691. The van der Waals surface area contributed by atoms with Crippen molar-refractivity contribution >= 4 is 5.91 Å². The molecule has 1 fully saturated rings. The zero-order valence-corrected chi connectivity index (χ0v) is 17.7. The fourth-order valence-corrected chi connectivity index (χ4v) is 4.62. The van der Waals surface area contributed by atoms with Crippen LogP contribution in [0.5, 0.6) is 0 Å². The second kappa shape index (κ2) is 8.27. The largest absolute Gasteiger partial charge is 0.416 e. The van der Waals surface area contributed by atoms with Gasteiger partial charge in [-0.15, -0.1) is 0 Å². The number of benzene rings is 1. The van der Waals surface area contributed by atoms with Crippen LogP contribution in [0.4, 0.5) is 13.2 Å². The molecule has 1 atom stereocenters. The molecule has 0 unspecified atom stereocenters. The number of hydrogen-bond donors (Lipinski definition) is 3. The summed E-state index contributed by atoms with van der Waals surface area (Å²) in [5.74, 6) is -0.0122. The molecule has 9 heteroatoms. The van der Waals surface area contributed by atoms with Crippen molar-refractivity contribution in [3.63, 3.8) is 0 Å². The topological polar surface area (TPSA) is 73.0 Å². The van der Waals surface area contributed by atoms with Crippen LogP contribution in [-0.2, 0) is 29.5 Å². The Labute approximate surface area is 179 Å². The van der Waals surface area contributed by atoms with E-state index < -0.39 is 11.7 Å². The number of carbonyl (C=O) groups is 1. The molecule has 0 radical (unpaired) electrons. The summed E-state index contributed by atoms with van der Waals surface area (Å²) in [5.41, 5.74) is 1.84. The summed E-state index contributed by atoms with van der Waals surface area (Å²) in [6.07, 6.45) is -0.507. The average molecular weight is 435 g/mol. The van der Waals surface area contributed by atoms with Gasteiger partial charge in [-0.3, -0.25) is 15.0 Å². The molecular weight excluding hydrogens is 407 g/mol. The Morgan fingerprint density at radius 3 is 2.55 bits per heavy atom. The van der Waals surface area contributed by atoms with Crippen LogP contribution in [0.2, 0.25) is 0 Å². The monoisotopic (exact) mass is 435 g/mol. The predicted molar refractivity (Wildman–Crippen MR) is 110 cm³/mol. The second-order valence-corrected chi connectivity index (χ2v) is 8.85. The van der Waals surface area contributed by atoms with Gasteiger partial charge < -0.3 is 10.3 Å². The number of nitrogens with one attached hydrogen (secondary N) is 3. The Morgan fingerprint density at radius 2 is 1.94 bits per heavy atom. The van der Waals surface area contributed by atoms with Crippen molar-refractivity contribution in [2.45, 2.75) is 63.5 Å². The third kappa shape index (κ3) is 4.62. The van der Waals surface area contributed by atoms with E-state index in [2.05, 4.69) is 25.5 Å². The van der Waals surface area contributed by atoms with Crippen LogP contribution in [-0.4, -0.2) is 45.9 Å². The van der Waals surface area contributed by atoms with E-state index in [4.69, 9.17) is 0 Å². The normalized spacial score (nSPS) is 21.3. The van der Waals surface area contributed by atoms with Crippen LogP contribution < -0.4 is 10.6 Å². The van der Waals surface area contributed by atoms with E-state index in [9.17, 15) is 18.0 Å². The Bertz CT molecular complexity index is 914. The van der Waals surface area contributed by atoms with Crippen molar-refractivity contribution in [1.29, 1.82) is 0 Å². The molecule has 4 rings (SSSR count). The number of rotatable bonds is 4. The number of amides is 1. The standard InChI is InChI=1S/C22H28F3N5O/c1-14(2)28-20(31)18-11-17-19(27-13-26-17)21(29-18)7-9-30(10-8-21)12-15-3-5-16(6-4-15)22(23,24)25/h3-6,13-14,18,29H,7-12H2,1-2H3,(H,26,27)(H,28,31)/t18-/m0/s1. The van der Waals surface area contributed by atoms with Crippen LogP contribution in [0, 0.1) is 0 Å². The molecule has 168 valence electrons. The Kier molecular flexibility index (Phi) is 5.83. The Balaban J connectivity index is 1.43. The molecule has 2 aliphatic rings. The van der Waals surface area contributed by atoms with E-state index in [1.165, 1.54) is 0 Å². The van der Waals surface area contributed by atoms with Crippen molar-refractivity contribution in [2.75, 3.05) is 13.1 Å². The lowest BCUT2D eigenvalue weighted by Gasteiger charge is -2.46. The van der Waals surface area contributed by atoms with Crippen molar-refractivity contribution < 1.29 is 18.0 Å². The highest BCUT2D eigenvalue weighted by Crippen LogP contribution is 2.38. The molecule has 1 aromatic heterocycles. The number of halogens is 3. The summed E-state index contributed by atoms with van der Waals surface area (Å²) in [5, 5.41) is 6.57. The van der Waals surface area contributed by atoms with Crippen LogP contribution in [0.15, 0.2) is 30.6 Å². The van der Waals surface area contributed by atoms with Crippen molar-refractivity contribution in [1.82, 2.24) is 25.5 Å². The minimum Gasteiger partial charge on any atom is -0.353 e. The summed E-state index contributed by atoms with van der Waals surface area (Å²) >= 11 is 0. The molecule has 6 nitrogen and oxygen atoms in total. The molecule has 1 spiro atoms. The van der Waals surface area contributed by atoms with E-state index in [0.717, 1.165) is 55.0 Å². The SMILES string of the molecule is CC(C)NC(=O)[C@@H]1Cc2[nH]cnc2C2(CCN(Cc3ccc(C(F)(F)F)cc3)CC2)N1. The highest BCUT2D eigenvalue weighted by Gasteiger charge is 2.45. The fourth-order valence-electron chi connectivity index (χ4n) is 4.62. The minimum absolute atomic E-state index is 0.0122. The number of carbonyl (C=O) groups excluding carboxylic acids is 1. The number of hydrogen-bond acceptors (Lipinski definition) is 4. The number of aromatic nitrogens is 2. The van der Waals surface area contributed by atoms with E-state index >= 15 is 0 Å². The zero-order valence-electron chi connectivity index (χ0n) is 17.7. The van der Waals surface area contributed by atoms with E-state index in [1.54, 1.807) is 18.5 Å². The molecule has 3 N–H and O–H groups in total. The van der Waals surface area contributed by atoms with Gasteiger partial charge >= 0.3 is 6.18 Å². The molecule has 0 saturated carbocycles. The van der Waals surface area contributed by atoms with Crippen LogP contribution in [0.3, 0.4) is 0 Å². The van der Waals surface area contributed by atoms with Crippen LogP contribution in [0.1, 0.15) is 49.2 Å². The maximum atomic E-state index is 12.8. The lowest BCUT2D eigenvalue weighted by Crippen LogP contribution is -2.61. The molecule has 2 aliphatic heterocycles. The van der Waals surface area contributed by atoms with E-state index in [0.29, 0.717) is 13.0 Å². The third-order valence-corrected chi connectivity index (χ3v) is 6.17. The molecule has 0 bridgehead atoms. The number of fused-ring (bicyclic) bond motifs is 2. The highest BCUT2D eigenvalue weighted by atomic mass is 19.4. The van der Waals surface area contributed by atoms with Gasteiger partial charge in [-0.1, -0.05) is 12.1 Å². The summed E-state index contributed by atoms with van der Waals surface area (Å²) in [7, 11) is 0. The first-order chi connectivity index (χ1) is 14.7. The lowest BCUT2D eigenvalue weighted by molar-refractivity contribution is -0.137. The molecule has 31 heavy (non-hydrogen) atoms. The summed E-state index contributed by atoms with van der Waals surface area (Å²) in [4.78, 5) is 22.7. The molecule has 1 saturated heterocycles. The van der Waals surface area contributed by atoms with Gasteiger partial charge in [-0.25, -0.2) is 4.98 Å². The lowest BCUT2D eigenvalue weighted by atomic mass is 9.78. The fraction of sp³-hybridized carbons (Fsp3) is 0.545. The van der Waals surface area contributed by atoms with Crippen molar-refractivity contribution in [3.05, 3.63) is 53.1 Å². The van der Waals surface area contributed by atoms with Crippen molar-refractivity contribution in [3.8, 4) is 0 Å². The van der Waals surface area contributed by atoms with Gasteiger partial charge in [0, 0.05) is 37.8 Å². The number of piperidine rings is 1. The first-order valence-electron chi connectivity index (χ1n) is 10.7. The van der Waals surface area contributed by atoms with Crippen LogP contribution >= 0.6 is 0 Å². The van der Waals surface area contributed by atoms with Gasteiger partial charge in [0.05, 0.1) is 29.2 Å². The Morgan fingerprint density at radius 1 is 1.26 bits per heavy atom. The number of aromatic amines is 1. The van der Waals surface area contributed by atoms with Gasteiger partial charge in [-0.2, -0.15) is 13.2 Å². The van der Waals surface area contributed by atoms with Gasteiger partial charge in [0.2, 0.25) is 5.91 Å². The average Bonchev–Trinajstić information content (AvgIpc) is 3.19. The first kappa shape index (κ1) is 21.8. The van der Waals surface area contributed by atoms with Gasteiger partial charge in [-0.05, 0) is 44.4 Å². The van der Waals surface area contributed by atoms with E-state index in [-0.39, 0.29) is 23.5 Å². The predicted octanol–water partition coefficient (Wildman–Crippen LogP) is 2.96. The number of imidazole rings is 1. The Hall–Kier alpha value is -2.39. The third-order valence-electron chi connectivity index (χ3n) is 6.17. The number of alkyl halides is 3. The number of H-pyrrole nitrogens is 1. The number of likely N-dealkylation sites (tertiary alicyclic amines) is 1. The molecule has 1 amide bonds. The molecule has 0 aliphatic carbocycles. The second-order valence-electron chi connectivity index (χ2n) is 8.85. The smallest absolute Gasteiger partial charge is 0.353 e. The molecule has 2 aromatic rings. The van der Waals surface area contributed by atoms with Gasteiger partial charge in [0.1, 0.15) is 0 Å². The maximum absolute atomic E-state index is 12.8. The van der Waals surface area contributed by atoms with Gasteiger partial charge in [0.15, 0.2) is 0 Å². The number of nitrogens with zero attached hydrogens (tertiary/aromatic N) is 2. The first-order valence-corrected chi connectivity index (χ1v) is 10.7. The zero-order chi connectivity index (χ0) is 22.2. The molecule has 1 aromatic carbocycles. The molecule has 3 heterocycles. The maximum Gasteiger partial charge on any atom is 0.416 e. The minimum atomic E-state index is -4.32. The highest BCUT2D eigenvalue weighted by molar-refractivity contribution is 5.82. The molecular formula is C22H28F3N5O. The van der Waals surface area contributed by atoms with Crippen molar-refractivity contribution in [2.24, 2.45) is 0 Å².